The van der Waals surface area contributed by atoms with Gasteiger partial charge in [-0.3, -0.25) is 24.7 Å². The lowest BCUT2D eigenvalue weighted by atomic mass is 9.59. The van der Waals surface area contributed by atoms with Crippen LogP contribution >= 0.6 is 0 Å². The van der Waals surface area contributed by atoms with Crippen molar-refractivity contribution in [1.29, 1.82) is 0 Å². The zero-order valence-electron chi connectivity index (χ0n) is 43.3. The van der Waals surface area contributed by atoms with Crippen molar-refractivity contribution in [3.8, 4) is 17.2 Å². The fraction of sp³-hybridized carbons (Fsp3) is 0.439. The van der Waals surface area contributed by atoms with Crippen LogP contribution in [0.5, 0.6) is 17.2 Å². The summed E-state index contributed by atoms with van der Waals surface area (Å²) >= 11 is 0. The van der Waals surface area contributed by atoms with Gasteiger partial charge in [0.2, 0.25) is 0 Å². The van der Waals surface area contributed by atoms with Crippen molar-refractivity contribution in [2.75, 3.05) is 56.6 Å². The van der Waals surface area contributed by atoms with Gasteiger partial charge in [-0.25, -0.2) is 22.5 Å². The summed E-state index contributed by atoms with van der Waals surface area (Å²) in [5.41, 5.74) is 5.21. The minimum atomic E-state index is -4.65. The molecule has 18 heteroatoms. The van der Waals surface area contributed by atoms with Gasteiger partial charge in [0.15, 0.2) is 0 Å². The van der Waals surface area contributed by atoms with Crippen molar-refractivity contribution in [3.05, 3.63) is 141 Å². The molecular weight excluding hydrogens is 976 g/mol. The van der Waals surface area contributed by atoms with E-state index in [1.807, 2.05) is 0 Å². The number of methoxy groups -OCH3 is 1. The van der Waals surface area contributed by atoms with Crippen LogP contribution in [-0.2, 0) is 23.0 Å². The number of nitro benzene ring substituents is 1. The number of sulfonamides is 1. The number of nitrogens with zero attached hydrogens (tertiary/aromatic N) is 5. The number of anilines is 2. The normalized spacial score (nSPS) is 21.2. The first-order valence-electron chi connectivity index (χ1n) is 26.1. The van der Waals surface area contributed by atoms with E-state index in [2.05, 4.69) is 97.9 Å². The van der Waals surface area contributed by atoms with Crippen LogP contribution in [-0.4, -0.2) is 102 Å². The Morgan fingerprint density at radius 1 is 1.01 bits per heavy atom. The quantitative estimate of drug-likeness (QED) is 0.0498. The van der Waals surface area contributed by atoms with Gasteiger partial charge in [0.05, 0.1) is 39.7 Å². The average Bonchev–Trinajstić information content (AvgIpc) is 3.75. The number of benzene rings is 4. The predicted octanol–water partition coefficient (Wildman–Crippen LogP) is 10.1. The van der Waals surface area contributed by atoms with E-state index in [1.54, 1.807) is 26.2 Å². The maximum atomic E-state index is 14.7. The molecule has 4 fully saturated rings. The highest BCUT2D eigenvalue weighted by atomic mass is 32.2. The Kier molecular flexibility index (Phi) is 14.4. The fourth-order valence-electron chi connectivity index (χ4n) is 12.0. The Balaban J connectivity index is 0.848. The van der Waals surface area contributed by atoms with Gasteiger partial charge in [-0.2, -0.15) is 0 Å². The molecule has 2 saturated heterocycles. The molecule has 2 aliphatic carbocycles. The number of nitrogens with one attached hydrogen (secondary N) is 3. The Hall–Kier alpha value is -6.60. The number of hydrogen-bond donors (Lipinski definition) is 4. The number of aliphatic hydroxyl groups is 1. The number of pyridine rings is 1. The standard InChI is InChI=1S/C57H67FN8O8S/c1-6-39-12-11-38(23-52(39)73-5)32-63-21-22-65(51(33-63)45-10-8-7-9-44(45)36(2)3)41-27-57(28-41)34-64(35-57)40-13-15-46(53(24-40)74-42-25-47-48(58)31-61-54(47)60-30-42)55(67)62-75(71,72)43-14-16-49(50(26-43)66(69)70)59-29-37-17-19-56(4,68)20-18-37/h7-16,23-26,30-31,36-37,41,51,59,68H,6,17-22,27-29,32-35H2,1-5H3,(H,60,61)(H,62,67)/t37?,51-,56?/m0/s1. The van der Waals surface area contributed by atoms with Gasteiger partial charge in [0, 0.05) is 87.3 Å². The smallest absolute Gasteiger partial charge is 0.293 e. The molecule has 4 heterocycles. The first-order chi connectivity index (χ1) is 35.9. The van der Waals surface area contributed by atoms with Crippen LogP contribution in [0, 0.1) is 27.3 Å². The summed E-state index contributed by atoms with van der Waals surface area (Å²) in [6.45, 7) is 14.1. The van der Waals surface area contributed by atoms with Crippen LogP contribution in [0.3, 0.4) is 0 Å². The van der Waals surface area contributed by atoms with Crippen LogP contribution in [0.2, 0.25) is 0 Å². The van der Waals surface area contributed by atoms with Gasteiger partial charge in [-0.05, 0) is 122 Å². The van der Waals surface area contributed by atoms with Crippen molar-refractivity contribution in [3.63, 3.8) is 0 Å². The molecule has 4 aromatic carbocycles. The third-order valence-electron chi connectivity index (χ3n) is 16.2. The fourth-order valence-corrected chi connectivity index (χ4v) is 12.9. The SMILES string of the molecule is CCc1ccc(CN2CCN(C3CC4(C3)CN(c3ccc(C(=O)NS(=O)(=O)c5ccc(NCC6CCC(C)(O)CC6)c([N+](=O)[O-])c5)c(Oc5cnc6[nH]cc(F)c6c5)c3)C4)[C@H](c3ccccc3C(C)C)C2)cc1OC. The van der Waals surface area contributed by atoms with Gasteiger partial charge in [0.25, 0.3) is 21.6 Å². The predicted molar refractivity (Wildman–Crippen MR) is 287 cm³/mol. The Morgan fingerprint density at radius 3 is 2.52 bits per heavy atom. The number of aromatic nitrogens is 2. The van der Waals surface area contributed by atoms with Crippen LogP contribution in [0.15, 0.2) is 102 Å². The molecule has 0 bridgehead atoms. The minimum absolute atomic E-state index is 0.0174. The topological polar surface area (TPSA) is 196 Å². The number of nitro groups is 1. The number of fused-ring (bicyclic) bond motifs is 1. The van der Waals surface area contributed by atoms with Crippen LogP contribution < -0.4 is 24.4 Å². The molecule has 6 aromatic rings. The van der Waals surface area contributed by atoms with E-state index in [4.69, 9.17) is 9.47 Å². The second kappa shape index (κ2) is 20.8. The molecule has 1 amide bonds. The first-order valence-corrected chi connectivity index (χ1v) is 27.6. The lowest BCUT2D eigenvalue weighted by Crippen LogP contribution is -2.68. The van der Waals surface area contributed by atoms with Crippen LogP contribution in [0.1, 0.15) is 111 Å². The van der Waals surface area contributed by atoms with E-state index >= 15 is 0 Å². The second-order valence-electron chi connectivity index (χ2n) is 21.9. The number of H-pyrrole nitrogens is 1. The van der Waals surface area contributed by atoms with Crippen molar-refractivity contribution in [2.45, 2.75) is 108 Å². The third-order valence-corrected chi connectivity index (χ3v) is 17.5. The Morgan fingerprint density at radius 2 is 1.79 bits per heavy atom. The summed E-state index contributed by atoms with van der Waals surface area (Å²) in [5.74, 6) is 0.0692. The molecule has 2 aliphatic heterocycles. The van der Waals surface area contributed by atoms with E-state index in [9.17, 15) is 32.8 Å². The second-order valence-corrected chi connectivity index (χ2v) is 23.6. The highest BCUT2D eigenvalue weighted by molar-refractivity contribution is 7.90. The van der Waals surface area contributed by atoms with Crippen LogP contribution in [0.4, 0.5) is 21.5 Å². The van der Waals surface area contributed by atoms with Crippen molar-refractivity contribution in [1.82, 2.24) is 24.5 Å². The molecule has 1 atom stereocenters. The van der Waals surface area contributed by atoms with E-state index in [0.717, 1.165) is 88.9 Å². The Labute approximate surface area is 437 Å². The lowest BCUT2D eigenvalue weighted by molar-refractivity contribution is -0.384. The zero-order valence-corrected chi connectivity index (χ0v) is 44.1. The van der Waals surface area contributed by atoms with Gasteiger partial charge < -0.3 is 29.8 Å². The maximum absolute atomic E-state index is 14.7. The largest absolute Gasteiger partial charge is 0.496 e. The molecule has 16 nitrogen and oxygen atoms in total. The number of rotatable bonds is 17. The number of aryl methyl sites for hydroxylation is 1. The number of amides is 1. The molecule has 2 saturated carbocycles. The number of carbonyl (C=O) groups excluding carboxylic acids is 1. The number of ether oxygens (including phenoxy) is 2. The average molecular weight is 1040 g/mol. The Bertz CT molecular complexity index is 3210. The minimum Gasteiger partial charge on any atom is -0.496 e. The van der Waals surface area contributed by atoms with Crippen LogP contribution in [0.25, 0.3) is 11.0 Å². The summed E-state index contributed by atoms with van der Waals surface area (Å²) < 4.78 is 56.5. The number of halogens is 1. The number of hydrogen-bond acceptors (Lipinski definition) is 13. The molecule has 2 aromatic heterocycles. The third kappa shape index (κ3) is 10.9. The van der Waals surface area contributed by atoms with Crippen molar-refractivity contribution in [2.24, 2.45) is 11.3 Å². The molecular formula is C57H67FN8O8S. The summed E-state index contributed by atoms with van der Waals surface area (Å²) in [6, 6.07) is 26.0. The molecule has 396 valence electrons. The highest BCUT2D eigenvalue weighted by Crippen LogP contribution is 2.54. The molecule has 0 unspecified atom stereocenters. The van der Waals surface area contributed by atoms with E-state index in [0.29, 0.717) is 37.0 Å². The number of aromatic amines is 1. The highest BCUT2D eigenvalue weighted by Gasteiger charge is 2.55. The van der Waals surface area contributed by atoms with Gasteiger partial charge in [-0.1, -0.05) is 57.2 Å². The monoisotopic (exact) mass is 1040 g/mol. The van der Waals surface area contributed by atoms with Gasteiger partial charge in [-0.15, -0.1) is 0 Å². The van der Waals surface area contributed by atoms with E-state index < -0.39 is 42.9 Å². The molecule has 0 radical (unpaired) electrons. The molecule has 75 heavy (non-hydrogen) atoms. The molecule has 1 spiro atoms. The maximum Gasteiger partial charge on any atom is 0.293 e. The van der Waals surface area contributed by atoms with Crippen molar-refractivity contribution < 1.29 is 37.1 Å². The zero-order chi connectivity index (χ0) is 52.8. The first kappa shape index (κ1) is 51.9. The summed E-state index contributed by atoms with van der Waals surface area (Å²) in [6.07, 6.45) is 8.28. The van der Waals surface area contributed by atoms with E-state index in [-0.39, 0.29) is 45.5 Å². The summed E-state index contributed by atoms with van der Waals surface area (Å²) in [7, 11) is -2.90. The molecule has 4 aliphatic rings. The number of piperazine rings is 1. The van der Waals surface area contributed by atoms with E-state index in [1.165, 1.54) is 58.9 Å². The molecule has 4 N–H and O–H groups in total. The lowest BCUT2D eigenvalue weighted by Gasteiger charge is -2.63. The van der Waals surface area contributed by atoms with Crippen molar-refractivity contribution >= 4 is 44.0 Å². The molecule has 10 rings (SSSR count). The van der Waals surface area contributed by atoms with Gasteiger partial charge in [0.1, 0.15) is 34.4 Å². The van der Waals surface area contributed by atoms with Gasteiger partial charge >= 0.3 is 0 Å². The number of carbonyl (C=O) groups is 1. The summed E-state index contributed by atoms with van der Waals surface area (Å²) in [5, 5.41) is 25.8. The summed E-state index contributed by atoms with van der Waals surface area (Å²) in [4.78, 5) is 39.8.